The van der Waals surface area contributed by atoms with Gasteiger partial charge in [0.2, 0.25) is 0 Å². The maximum atomic E-state index is 13.0. The van der Waals surface area contributed by atoms with Crippen LogP contribution in [0.1, 0.15) is 348 Å². The molecule has 95 heavy (non-hydrogen) atoms. The van der Waals surface area contributed by atoms with Crippen molar-refractivity contribution < 1.29 is 42.9 Å². The molecule has 0 aliphatic heterocycles. The molecule has 0 saturated heterocycles. The molecule has 0 heterocycles. The van der Waals surface area contributed by atoms with Crippen LogP contribution in [0.3, 0.4) is 0 Å². The Kier molecular flexibility index (Phi) is 72.0. The molecule has 0 rings (SSSR count). The summed E-state index contributed by atoms with van der Waals surface area (Å²) in [6.45, 7) is 4.79. The average molecular weight is 1330 g/mol. The van der Waals surface area contributed by atoms with E-state index in [1.54, 1.807) is 0 Å². The fourth-order valence-corrected chi connectivity index (χ4v) is 11.2. The number of ether oxygens (including phenoxy) is 4. The Morgan fingerprint density at radius 3 is 0.905 bits per heavy atom. The van der Waals surface area contributed by atoms with Gasteiger partial charge in [-0.1, -0.05) is 347 Å². The molecule has 0 aromatic carbocycles. The number of hydrogen-bond acceptors (Lipinski definition) is 7. The average Bonchev–Trinajstić information content (AvgIpc) is 3.75. The number of carboxylic acid groups (broad SMARTS) is 1. The van der Waals surface area contributed by atoms with Crippen molar-refractivity contribution in [2.24, 2.45) is 0 Å². The van der Waals surface area contributed by atoms with Crippen LogP contribution in [0.4, 0.5) is 0 Å². The van der Waals surface area contributed by atoms with Crippen LogP contribution < -0.4 is 0 Å². The van der Waals surface area contributed by atoms with Gasteiger partial charge in [0.25, 0.3) is 6.29 Å². The fraction of sp³-hybridized carbons (Fsp3) is 0.733. The summed E-state index contributed by atoms with van der Waals surface area (Å²) in [6, 6.07) is 0. The van der Waals surface area contributed by atoms with E-state index in [0.717, 1.165) is 103 Å². The molecule has 0 amide bonds. The molecular formula is C86H150NO8+. The summed E-state index contributed by atoms with van der Waals surface area (Å²) in [5, 5.41) is 9.77. The van der Waals surface area contributed by atoms with Crippen LogP contribution >= 0.6 is 0 Å². The highest BCUT2D eigenvalue weighted by Crippen LogP contribution is 2.18. The van der Waals surface area contributed by atoms with Gasteiger partial charge in [0.1, 0.15) is 13.2 Å². The molecule has 2 unspecified atom stereocenters. The normalized spacial score (nSPS) is 13.3. The van der Waals surface area contributed by atoms with Crippen LogP contribution in [0.15, 0.2) is 122 Å². The number of esters is 2. The first-order valence-corrected chi connectivity index (χ1v) is 39.7. The van der Waals surface area contributed by atoms with Gasteiger partial charge >= 0.3 is 17.9 Å². The maximum absolute atomic E-state index is 13.0. The summed E-state index contributed by atoms with van der Waals surface area (Å²) in [7, 11) is 5.98. The molecule has 0 aromatic heterocycles. The summed E-state index contributed by atoms with van der Waals surface area (Å²) < 4.78 is 23.0. The Labute approximate surface area is 587 Å². The number of quaternary nitrogens is 1. The number of carbonyl (C=O) groups excluding carboxylic acids is 2. The molecule has 0 radical (unpaired) electrons. The Bertz CT molecular complexity index is 1980. The molecule has 1 N–H and O–H groups in total. The quantitative estimate of drug-likeness (QED) is 0.0211. The molecule has 0 aliphatic rings. The molecule has 0 fully saturated rings. The van der Waals surface area contributed by atoms with Gasteiger partial charge < -0.3 is 28.5 Å². The number of carboxylic acids is 1. The van der Waals surface area contributed by atoms with Crippen LogP contribution in [-0.4, -0.2) is 87.4 Å². The maximum Gasteiger partial charge on any atom is 0.361 e. The summed E-state index contributed by atoms with van der Waals surface area (Å²) in [5.41, 5.74) is 0. The van der Waals surface area contributed by atoms with Crippen molar-refractivity contribution in [3.05, 3.63) is 122 Å². The van der Waals surface area contributed by atoms with Gasteiger partial charge in [-0.2, -0.15) is 0 Å². The summed E-state index contributed by atoms with van der Waals surface area (Å²) in [5.74, 6) is -2.00. The number of likely N-dealkylation sites (N-methyl/N-ethyl adjacent to an activating group) is 1. The highest BCUT2D eigenvalue weighted by atomic mass is 16.7. The molecular weight excluding hydrogens is 1170 g/mol. The Morgan fingerprint density at radius 1 is 0.326 bits per heavy atom. The molecule has 9 nitrogen and oxygen atoms in total. The largest absolute Gasteiger partial charge is 0.477 e. The van der Waals surface area contributed by atoms with E-state index in [1.165, 1.54) is 212 Å². The number of rotatable bonds is 73. The van der Waals surface area contributed by atoms with Crippen LogP contribution in [0.25, 0.3) is 0 Å². The van der Waals surface area contributed by atoms with Crippen LogP contribution in [-0.2, 0) is 33.3 Å². The van der Waals surface area contributed by atoms with E-state index in [9.17, 15) is 19.5 Å². The van der Waals surface area contributed by atoms with Crippen molar-refractivity contribution in [2.45, 2.75) is 360 Å². The zero-order valence-electron chi connectivity index (χ0n) is 62.6. The predicted octanol–water partition coefficient (Wildman–Crippen LogP) is 25.5. The molecule has 0 aromatic rings. The van der Waals surface area contributed by atoms with Crippen LogP contribution in [0, 0.1) is 0 Å². The second kappa shape index (κ2) is 75.5. The first kappa shape index (κ1) is 90.7. The molecule has 0 aliphatic carbocycles. The number of nitrogens with zero attached hydrogens (tertiary/aromatic N) is 1. The smallest absolute Gasteiger partial charge is 0.361 e. The third kappa shape index (κ3) is 76.9. The van der Waals surface area contributed by atoms with Gasteiger partial charge in [-0.15, -0.1) is 0 Å². The highest BCUT2D eigenvalue weighted by molar-refractivity contribution is 5.71. The van der Waals surface area contributed by atoms with Gasteiger partial charge in [0.05, 0.1) is 34.4 Å². The summed E-state index contributed by atoms with van der Waals surface area (Å²) >= 11 is 0. The Morgan fingerprint density at radius 2 is 0.600 bits per heavy atom. The zero-order chi connectivity index (χ0) is 69.0. The summed E-state index contributed by atoms with van der Waals surface area (Å²) in [4.78, 5) is 37.7. The lowest BCUT2D eigenvalue weighted by Crippen LogP contribution is -2.40. The van der Waals surface area contributed by atoms with E-state index < -0.39 is 24.3 Å². The minimum Gasteiger partial charge on any atom is -0.477 e. The first-order valence-electron chi connectivity index (χ1n) is 39.7. The fourth-order valence-electron chi connectivity index (χ4n) is 11.2. The topological polar surface area (TPSA) is 108 Å². The van der Waals surface area contributed by atoms with Crippen LogP contribution in [0.2, 0.25) is 0 Å². The van der Waals surface area contributed by atoms with Crippen molar-refractivity contribution >= 4 is 17.9 Å². The standard InChI is InChI=1S/C86H149NO8/c1-6-8-10-12-14-16-18-20-22-24-26-28-30-32-34-36-38-40-41-42-43-45-47-49-51-53-55-57-59-61-63-65-67-69-71-73-75-77-84(89)95-82(81-94-86(85(90)91)92-79-78-87(3,4)5)80-93-83(88)76-74-72-70-68-66-64-62-60-58-56-54-52-50-48-46-44-39-37-35-33-31-29-27-25-23-21-19-17-15-13-11-9-7-2/h8,10,14,16,20,22,25-28,32,34,38,40,42-43,47,49,53,55,82,86H,6-7,9,11-13,15,17-19,21,23-24,29-31,33,35-37,39,41,44-46,48,50-52,54,56-81H2,1-5H3/p+1/b10-8-,16-14-,22-20-,27-25-,28-26-,34-32-,40-38-,43-42-,49-47-,55-53-. The monoisotopic (exact) mass is 1330 g/mol. The summed E-state index contributed by atoms with van der Waals surface area (Å²) in [6.07, 6.45) is 105. The molecule has 2 atom stereocenters. The van der Waals surface area contributed by atoms with Crippen molar-refractivity contribution in [3.8, 4) is 0 Å². The van der Waals surface area contributed by atoms with E-state index in [-0.39, 0.29) is 32.2 Å². The van der Waals surface area contributed by atoms with Gasteiger partial charge in [-0.3, -0.25) is 9.59 Å². The van der Waals surface area contributed by atoms with E-state index in [1.807, 2.05) is 21.1 Å². The molecule has 0 saturated carbocycles. The number of unbranched alkanes of at least 4 members (excludes halogenated alkanes) is 38. The molecule has 546 valence electrons. The van der Waals surface area contributed by atoms with Crippen molar-refractivity contribution in [3.63, 3.8) is 0 Å². The van der Waals surface area contributed by atoms with E-state index in [0.29, 0.717) is 23.9 Å². The zero-order valence-corrected chi connectivity index (χ0v) is 62.6. The van der Waals surface area contributed by atoms with E-state index in [4.69, 9.17) is 18.9 Å². The van der Waals surface area contributed by atoms with Gasteiger partial charge in [-0.05, 0) is 109 Å². The number of carbonyl (C=O) groups is 3. The Balaban J connectivity index is 4.08. The highest BCUT2D eigenvalue weighted by Gasteiger charge is 2.25. The first-order chi connectivity index (χ1) is 46.6. The van der Waals surface area contributed by atoms with Gasteiger partial charge in [-0.25, -0.2) is 4.79 Å². The SMILES string of the molecule is CC/C=C\C/C=C\C/C=C\C/C=C\C/C=C\C/C=C\C/C=C\C/C=C\C/C=C\CCCCCCCCCCCC(=O)OC(COC(=O)CCCCCCCCCCCCCCCCCCCCCCC/C=C\CCCCCCCCCC)COC(OCC[N+](C)(C)C)C(=O)O. The minimum absolute atomic E-state index is 0.183. The van der Waals surface area contributed by atoms with Gasteiger partial charge in [0.15, 0.2) is 6.10 Å². The lowest BCUT2D eigenvalue weighted by molar-refractivity contribution is -0.870. The molecule has 0 bridgehead atoms. The number of aliphatic carboxylic acids is 1. The van der Waals surface area contributed by atoms with Crippen molar-refractivity contribution in [1.29, 1.82) is 0 Å². The molecule has 0 spiro atoms. The van der Waals surface area contributed by atoms with E-state index >= 15 is 0 Å². The molecule has 9 heteroatoms. The van der Waals surface area contributed by atoms with Crippen LogP contribution in [0.5, 0.6) is 0 Å². The second-order valence-electron chi connectivity index (χ2n) is 27.6. The predicted molar refractivity (Wildman–Crippen MR) is 410 cm³/mol. The van der Waals surface area contributed by atoms with Gasteiger partial charge in [0, 0.05) is 12.8 Å². The van der Waals surface area contributed by atoms with Crippen molar-refractivity contribution in [2.75, 3.05) is 47.5 Å². The number of allylic oxidation sites excluding steroid dienone is 20. The number of hydrogen-bond donors (Lipinski definition) is 1. The van der Waals surface area contributed by atoms with E-state index in [2.05, 4.69) is 135 Å². The third-order valence-electron chi connectivity index (χ3n) is 17.2. The lowest BCUT2D eigenvalue weighted by Gasteiger charge is -2.25. The Hall–Kier alpha value is -4.31. The third-order valence-corrected chi connectivity index (χ3v) is 17.2. The second-order valence-corrected chi connectivity index (χ2v) is 27.6. The van der Waals surface area contributed by atoms with Crippen molar-refractivity contribution in [1.82, 2.24) is 0 Å². The minimum atomic E-state index is -1.52. The lowest BCUT2D eigenvalue weighted by atomic mass is 10.0.